The molecule has 1 heterocycles. The van der Waals surface area contributed by atoms with Crippen LogP contribution in [0.3, 0.4) is 0 Å². The molecule has 0 aliphatic rings. The van der Waals surface area contributed by atoms with Gasteiger partial charge < -0.3 is 9.73 Å². The van der Waals surface area contributed by atoms with Crippen molar-refractivity contribution in [2.45, 2.75) is 31.7 Å². The van der Waals surface area contributed by atoms with Gasteiger partial charge in [-0.05, 0) is 62.7 Å². The predicted octanol–water partition coefficient (Wildman–Crippen LogP) is 4.62. The third-order valence-corrected chi connectivity index (χ3v) is 6.93. The molecule has 0 fully saturated rings. The summed E-state index contributed by atoms with van der Waals surface area (Å²) in [6.07, 6.45) is 1.52. The number of nitrogens with zero attached hydrogens (tertiary/aromatic N) is 1. The summed E-state index contributed by atoms with van der Waals surface area (Å²) in [4.78, 5) is 12.9. The fourth-order valence-corrected chi connectivity index (χ4v) is 4.68. The van der Waals surface area contributed by atoms with E-state index in [-0.39, 0.29) is 4.90 Å². The second-order valence-corrected chi connectivity index (χ2v) is 9.28. The monoisotopic (exact) mass is 446 g/mol. The third-order valence-electron chi connectivity index (χ3n) is 4.75. The summed E-state index contributed by atoms with van der Waals surface area (Å²) in [7, 11) is -4.00. The second-order valence-electron chi connectivity index (χ2n) is 7.01. The van der Waals surface area contributed by atoms with E-state index in [1.165, 1.54) is 18.4 Å². The molecule has 0 aliphatic carbocycles. The summed E-state index contributed by atoms with van der Waals surface area (Å²) in [5.74, 6) is 0.115. The summed E-state index contributed by atoms with van der Waals surface area (Å²) in [5, 5.41) is 3.20. The minimum atomic E-state index is -4.00. The molecule has 1 atom stereocenters. The lowest BCUT2D eigenvalue weighted by Gasteiger charge is -2.26. The van der Waals surface area contributed by atoms with E-state index >= 15 is 0 Å². The van der Waals surface area contributed by atoms with Crippen LogP contribution in [0.25, 0.3) is 0 Å². The van der Waals surface area contributed by atoms with Gasteiger partial charge in [0.25, 0.3) is 10.0 Å². The normalized spacial score (nSPS) is 12.4. The number of hydrogen-bond donors (Lipinski definition) is 1. The molecule has 3 rings (SSSR count). The maximum atomic E-state index is 13.4. The first kappa shape index (κ1) is 21.9. The minimum Gasteiger partial charge on any atom is -0.467 e. The summed E-state index contributed by atoms with van der Waals surface area (Å²) < 4.78 is 33.3. The molecule has 8 heteroatoms. The molecular weight excluding hydrogens is 424 g/mol. The van der Waals surface area contributed by atoms with E-state index in [9.17, 15) is 13.2 Å². The zero-order chi connectivity index (χ0) is 21.9. The van der Waals surface area contributed by atoms with Crippen molar-refractivity contribution in [3.63, 3.8) is 0 Å². The number of carbonyl (C=O) groups is 1. The number of hydrogen-bond acceptors (Lipinski definition) is 4. The molecule has 0 saturated heterocycles. The molecule has 158 valence electrons. The van der Waals surface area contributed by atoms with Crippen molar-refractivity contribution in [3.8, 4) is 0 Å². The molecule has 0 radical (unpaired) electrons. The molecule has 0 aliphatic heterocycles. The van der Waals surface area contributed by atoms with Crippen LogP contribution in [0.15, 0.2) is 70.2 Å². The molecule has 1 amide bonds. The first-order valence-electron chi connectivity index (χ1n) is 9.37. The first-order valence-corrected chi connectivity index (χ1v) is 11.2. The SMILES string of the molecule is Cc1ccc(S(=O)(=O)N(CC(=O)NC(C)c2ccco2)c2cccc(Cl)c2C)cc1. The largest absolute Gasteiger partial charge is 0.467 e. The van der Waals surface area contributed by atoms with Crippen molar-refractivity contribution in [3.05, 3.63) is 82.8 Å². The maximum Gasteiger partial charge on any atom is 0.264 e. The Balaban J connectivity index is 1.96. The summed E-state index contributed by atoms with van der Waals surface area (Å²) >= 11 is 6.23. The van der Waals surface area contributed by atoms with Crippen LogP contribution in [0, 0.1) is 13.8 Å². The van der Waals surface area contributed by atoms with Crippen molar-refractivity contribution >= 4 is 33.2 Å². The number of rotatable bonds is 7. The fourth-order valence-electron chi connectivity index (χ4n) is 3.03. The molecule has 6 nitrogen and oxygen atoms in total. The van der Waals surface area contributed by atoms with Gasteiger partial charge in [0.05, 0.1) is 22.9 Å². The molecule has 1 unspecified atom stereocenters. The number of amides is 1. The van der Waals surface area contributed by atoms with Crippen molar-refractivity contribution < 1.29 is 17.6 Å². The second kappa shape index (κ2) is 8.93. The van der Waals surface area contributed by atoms with Crippen molar-refractivity contribution in [2.75, 3.05) is 10.8 Å². The van der Waals surface area contributed by atoms with Crippen LogP contribution in [-0.2, 0) is 14.8 Å². The van der Waals surface area contributed by atoms with Gasteiger partial charge in [-0.2, -0.15) is 0 Å². The Morgan fingerprint density at radius 3 is 2.43 bits per heavy atom. The summed E-state index contributed by atoms with van der Waals surface area (Å²) in [5.41, 5.74) is 1.86. The smallest absolute Gasteiger partial charge is 0.264 e. The average Bonchev–Trinajstić information content (AvgIpc) is 3.24. The minimum absolute atomic E-state index is 0.0966. The number of nitrogens with one attached hydrogen (secondary N) is 1. The maximum absolute atomic E-state index is 13.4. The summed E-state index contributed by atoms with van der Waals surface area (Å²) in [6, 6.07) is 14.5. The number of sulfonamides is 1. The number of aryl methyl sites for hydroxylation is 1. The number of furan rings is 1. The van der Waals surface area contributed by atoms with Gasteiger partial charge in [-0.1, -0.05) is 35.4 Å². The van der Waals surface area contributed by atoms with Crippen LogP contribution in [0.2, 0.25) is 5.02 Å². The van der Waals surface area contributed by atoms with Gasteiger partial charge in [0.1, 0.15) is 12.3 Å². The van der Waals surface area contributed by atoms with Gasteiger partial charge in [0.2, 0.25) is 5.91 Å². The average molecular weight is 447 g/mol. The zero-order valence-corrected chi connectivity index (χ0v) is 18.5. The Labute approximate surface area is 181 Å². The predicted molar refractivity (Wildman–Crippen MR) is 117 cm³/mol. The van der Waals surface area contributed by atoms with Crippen molar-refractivity contribution in [1.29, 1.82) is 0 Å². The van der Waals surface area contributed by atoms with E-state index in [1.807, 2.05) is 6.92 Å². The van der Waals surface area contributed by atoms with E-state index in [1.54, 1.807) is 56.3 Å². The lowest BCUT2D eigenvalue weighted by atomic mass is 10.2. The zero-order valence-electron chi connectivity index (χ0n) is 16.9. The Morgan fingerprint density at radius 2 is 1.80 bits per heavy atom. The number of carbonyl (C=O) groups excluding carboxylic acids is 1. The van der Waals surface area contributed by atoms with Gasteiger partial charge in [0.15, 0.2) is 0 Å². The lowest BCUT2D eigenvalue weighted by Crippen LogP contribution is -2.41. The van der Waals surface area contributed by atoms with E-state index in [0.717, 1.165) is 9.87 Å². The van der Waals surface area contributed by atoms with Crippen LogP contribution in [-0.4, -0.2) is 20.9 Å². The highest BCUT2D eigenvalue weighted by atomic mass is 35.5. The Morgan fingerprint density at radius 1 is 1.10 bits per heavy atom. The molecule has 0 spiro atoms. The molecular formula is C22H23ClN2O4S. The van der Waals surface area contributed by atoms with E-state index in [4.69, 9.17) is 16.0 Å². The van der Waals surface area contributed by atoms with Gasteiger partial charge in [-0.3, -0.25) is 9.10 Å². The fraction of sp³-hybridized carbons (Fsp3) is 0.227. The Kier molecular flexibility index (Phi) is 6.53. The van der Waals surface area contributed by atoms with E-state index in [0.29, 0.717) is 22.0 Å². The van der Waals surface area contributed by atoms with Crippen LogP contribution in [0.4, 0.5) is 5.69 Å². The van der Waals surface area contributed by atoms with Gasteiger partial charge >= 0.3 is 0 Å². The van der Waals surface area contributed by atoms with Crippen LogP contribution < -0.4 is 9.62 Å². The highest BCUT2D eigenvalue weighted by molar-refractivity contribution is 7.92. The van der Waals surface area contributed by atoms with E-state index in [2.05, 4.69) is 5.32 Å². The van der Waals surface area contributed by atoms with Crippen molar-refractivity contribution in [2.24, 2.45) is 0 Å². The molecule has 0 saturated carbocycles. The van der Waals surface area contributed by atoms with Gasteiger partial charge in [-0.25, -0.2) is 8.42 Å². The highest BCUT2D eigenvalue weighted by Gasteiger charge is 2.29. The number of benzene rings is 2. The number of anilines is 1. The lowest BCUT2D eigenvalue weighted by molar-refractivity contribution is -0.120. The topological polar surface area (TPSA) is 79.6 Å². The third kappa shape index (κ3) is 4.68. The van der Waals surface area contributed by atoms with Gasteiger partial charge in [0, 0.05) is 5.02 Å². The molecule has 0 bridgehead atoms. The number of halogens is 1. The Bertz CT molecular complexity index is 1130. The van der Waals surface area contributed by atoms with Crippen LogP contribution in [0.5, 0.6) is 0 Å². The molecule has 3 aromatic rings. The highest BCUT2D eigenvalue weighted by Crippen LogP contribution is 2.31. The van der Waals surface area contributed by atoms with Gasteiger partial charge in [-0.15, -0.1) is 0 Å². The molecule has 1 aromatic heterocycles. The van der Waals surface area contributed by atoms with Crippen LogP contribution in [0.1, 0.15) is 29.9 Å². The molecule has 30 heavy (non-hydrogen) atoms. The van der Waals surface area contributed by atoms with E-state index < -0.39 is 28.5 Å². The molecule has 2 aromatic carbocycles. The quantitative estimate of drug-likeness (QED) is 0.574. The van der Waals surface area contributed by atoms with Crippen molar-refractivity contribution in [1.82, 2.24) is 5.32 Å². The first-order chi connectivity index (χ1) is 14.2. The summed E-state index contributed by atoms with van der Waals surface area (Å²) in [6.45, 7) is 4.96. The van der Waals surface area contributed by atoms with Crippen LogP contribution >= 0.6 is 11.6 Å². The standard InChI is InChI=1S/C22H23ClN2O4S/c1-15-9-11-18(12-10-15)30(27,28)25(20-7-4-6-19(23)16(20)2)14-22(26)24-17(3)21-8-5-13-29-21/h4-13,17H,14H2,1-3H3,(H,24,26). The Hall–Kier alpha value is -2.77. The molecule has 1 N–H and O–H groups in total.